The summed E-state index contributed by atoms with van der Waals surface area (Å²) in [7, 11) is 3.82. The molecule has 0 aromatic carbocycles. The Balaban J connectivity index is 1.87. The van der Waals surface area contributed by atoms with Crippen molar-refractivity contribution >= 4 is 11.5 Å². The molecule has 0 aliphatic carbocycles. The van der Waals surface area contributed by atoms with Gasteiger partial charge in [-0.2, -0.15) is 5.10 Å². The normalized spacial score (nSPS) is 10.2. The number of nitrogens with zero attached hydrogens (tertiary/aromatic N) is 3. The van der Waals surface area contributed by atoms with E-state index >= 15 is 0 Å². The van der Waals surface area contributed by atoms with Crippen molar-refractivity contribution in [2.24, 2.45) is 7.05 Å². The fourth-order valence-corrected chi connectivity index (χ4v) is 1.66. The fourth-order valence-electron chi connectivity index (χ4n) is 1.66. The third-order valence-corrected chi connectivity index (χ3v) is 2.65. The second-order valence-electron chi connectivity index (χ2n) is 3.80. The van der Waals surface area contributed by atoms with Gasteiger partial charge in [-0.15, -0.1) is 0 Å². The maximum absolute atomic E-state index is 4.16. The molecule has 0 atom stereocenters. The summed E-state index contributed by atoms with van der Waals surface area (Å²) in [5.74, 6) is 0.871. The van der Waals surface area contributed by atoms with E-state index in [9.17, 15) is 0 Å². The molecule has 0 aliphatic rings. The van der Waals surface area contributed by atoms with Gasteiger partial charge >= 0.3 is 0 Å². The first-order chi connectivity index (χ1) is 8.29. The number of hydrogen-bond acceptors (Lipinski definition) is 4. The zero-order chi connectivity index (χ0) is 12.1. The Hall–Kier alpha value is -2.04. The molecule has 0 saturated heterocycles. The molecule has 5 nitrogen and oxygen atoms in total. The summed E-state index contributed by atoms with van der Waals surface area (Å²) < 4.78 is 1.90. The quantitative estimate of drug-likeness (QED) is 0.819. The van der Waals surface area contributed by atoms with Gasteiger partial charge in [0.2, 0.25) is 0 Å². The lowest BCUT2D eigenvalue weighted by Gasteiger charge is -2.07. The van der Waals surface area contributed by atoms with Gasteiger partial charge in [0, 0.05) is 56.9 Å². The summed E-state index contributed by atoms with van der Waals surface area (Å²) in [5.41, 5.74) is 2.30. The van der Waals surface area contributed by atoms with Crippen LogP contribution in [-0.4, -0.2) is 28.4 Å². The molecule has 0 amide bonds. The number of hydrogen-bond donors (Lipinski definition) is 2. The van der Waals surface area contributed by atoms with Gasteiger partial charge in [-0.1, -0.05) is 0 Å². The van der Waals surface area contributed by atoms with E-state index in [0.717, 1.165) is 24.5 Å². The number of aromatic nitrogens is 3. The molecule has 2 heterocycles. The molecule has 2 N–H and O–H groups in total. The molecule has 0 radical (unpaired) electrons. The van der Waals surface area contributed by atoms with Crippen LogP contribution in [0.25, 0.3) is 0 Å². The van der Waals surface area contributed by atoms with Crippen LogP contribution in [0.15, 0.2) is 30.6 Å². The van der Waals surface area contributed by atoms with E-state index < -0.39 is 0 Å². The lowest BCUT2D eigenvalue weighted by molar-refractivity contribution is 0.711. The molecule has 0 saturated carbocycles. The second kappa shape index (κ2) is 5.34. The van der Waals surface area contributed by atoms with Crippen LogP contribution in [0, 0.1) is 0 Å². The van der Waals surface area contributed by atoms with Crippen LogP contribution in [0.4, 0.5) is 11.5 Å². The smallest absolute Gasteiger partial charge is 0.127 e. The minimum absolute atomic E-state index is 0.871. The van der Waals surface area contributed by atoms with E-state index in [1.165, 1.54) is 5.69 Å². The summed E-state index contributed by atoms with van der Waals surface area (Å²) in [5, 5.41) is 10.5. The third kappa shape index (κ3) is 2.96. The molecule has 5 heteroatoms. The third-order valence-electron chi connectivity index (χ3n) is 2.65. The molecule has 2 aromatic heterocycles. The summed E-state index contributed by atoms with van der Waals surface area (Å²) in [6.07, 6.45) is 4.56. The Morgan fingerprint density at radius 2 is 2.18 bits per heavy atom. The van der Waals surface area contributed by atoms with Crippen molar-refractivity contribution in [1.82, 2.24) is 14.8 Å². The van der Waals surface area contributed by atoms with E-state index in [1.807, 2.05) is 43.2 Å². The van der Waals surface area contributed by atoms with Crippen LogP contribution < -0.4 is 10.6 Å². The zero-order valence-corrected chi connectivity index (χ0v) is 10.1. The fraction of sp³-hybridized carbons (Fsp3) is 0.333. The minimum atomic E-state index is 0.871. The molecular weight excluding hydrogens is 214 g/mol. The maximum atomic E-state index is 4.16. The van der Waals surface area contributed by atoms with Crippen molar-refractivity contribution in [3.63, 3.8) is 0 Å². The average Bonchev–Trinajstić information content (AvgIpc) is 2.76. The first kappa shape index (κ1) is 11.4. The summed E-state index contributed by atoms with van der Waals surface area (Å²) in [4.78, 5) is 4.16. The summed E-state index contributed by atoms with van der Waals surface area (Å²) in [6, 6.07) is 5.99. The van der Waals surface area contributed by atoms with Gasteiger partial charge in [-0.25, -0.2) is 4.98 Å². The van der Waals surface area contributed by atoms with Gasteiger partial charge in [0.05, 0.1) is 0 Å². The lowest BCUT2D eigenvalue weighted by atomic mass is 10.3. The SMILES string of the molecule is CNc1cc(NCCc2ccnn2C)ccn1. The van der Waals surface area contributed by atoms with Crippen molar-refractivity contribution in [3.05, 3.63) is 36.3 Å². The van der Waals surface area contributed by atoms with E-state index in [-0.39, 0.29) is 0 Å². The highest BCUT2D eigenvalue weighted by Gasteiger charge is 1.99. The van der Waals surface area contributed by atoms with Crippen LogP contribution >= 0.6 is 0 Å². The maximum Gasteiger partial charge on any atom is 0.127 e. The van der Waals surface area contributed by atoms with Crippen molar-refractivity contribution in [3.8, 4) is 0 Å². The van der Waals surface area contributed by atoms with Crippen molar-refractivity contribution < 1.29 is 0 Å². The highest BCUT2D eigenvalue weighted by atomic mass is 15.3. The Kier molecular flexibility index (Phi) is 3.59. The van der Waals surface area contributed by atoms with Crippen molar-refractivity contribution in [2.45, 2.75) is 6.42 Å². The number of nitrogens with one attached hydrogen (secondary N) is 2. The van der Waals surface area contributed by atoms with E-state index in [0.29, 0.717) is 0 Å². The Morgan fingerprint density at radius 1 is 1.29 bits per heavy atom. The first-order valence-corrected chi connectivity index (χ1v) is 5.64. The Morgan fingerprint density at radius 3 is 2.88 bits per heavy atom. The molecule has 0 unspecified atom stereocenters. The molecule has 17 heavy (non-hydrogen) atoms. The van der Waals surface area contributed by atoms with E-state index in [1.54, 1.807) is 6.20 Å². The minimum Gasteiger partial charge on any atom is -0.385 e. The van der Waals surface area contributed by atoms with E-state index in [2.05, 4.69) is 20.7 Å². The average molecular weight is 231 g/mol. The first-order valence-electron chi connectivity index (χ1n) is 5.64. The largest absolute Gasteiger partial charge is 0.385 e. The molecule has 90 valence electrons. The van der Waals surface area contributed by atoms with Gasteiger partial charge < -0.3 is 10.6 Å². The van der Waals surface area contributed by atoms with Gasteiger partial charge in [0.15, 0.2) is 0 Å². The van der Waals surface area contributed by atoms with Crippen LogP contribution in [-0.2, 0) is 13.5 Å². The summed E-state index contributed by atoms with van der Waals surface area (Å²) in [6.45, 7) is 0.882. The molecule has 0 bridgehead atoms. The van der Waals surface area contributed by atoms with Gasteiger partial charge in [0.1, 0.15) is 5.82 Å². The molecular formula is C12H17N5. The molecule has 0 aliphatic heterocycles. The lowest BCUT2D eigenvalue weighted by Crippen LogP contribution is -2.08. The highest BCUT2D eigenvalue weighted by molar-refractivity contribution is 5.51. The Bertz CT molecular complexity index is 477. The van der Waals surface area contributed by atoms with Gasteiger partial charge in [0.25, 0.3) is 0 Å². The van der Waals surface area contributed by atoms with E-state index in [4.69, 9.17) is 0 Å². The van der Waals surface area contributed by atoms with Crippen molar-refractivity contribution in [1.29, 1.82) is 0 Å². The number of pyridine rings is 1. The van der Waals surface area contributed by atoms with Crippen molar-refractivity contribution in [2.75, 3.05) is 24.2 Å². The molecule has 2 rings (SSSR count). The van der Waals surface area contributed by atoms with Crippen LogP contribution in [0.1, 0.15) is 5.69 Å². The van der Waals surface area contributed by atoms with Gasteiger partial charge in [-0.3, -0.25) is 4.68 Å². The number of aryl methyl sites for hydroxylation is 1. The molecule has 2 aromatic rings. The van der Waals surface area contributed by atoms with Crippen LogP contribution in [0.5, 0.6) is 0 Å². The summed E-state index contributed by atoms with van der Waals surface area (Å²) >= 11 is 0. The number of rotatable bonds is 5. The standard InChI is InChI=1S/C12H17N5/c1-13-12-9-10(3-6-15-12)14-7-4-11-5-8-16-17(11)2/h3,5-6,8-9H,4,7H2,1-2H3,(H2,13,14,15). The van der Waals surface area contributed by atoms with Crippen LogP contribution in [0.2, 0.25) is 0 Å². The second-order valence-corrected chi connectivity index (χ2v) is 3.80. The topological polar surface area (TPSA) is 54.8 Å². The van der Waals surface area contributed by atoms with Crippen LogP contribution in [0.3, 0.4) is 0 Å². The molecule has 0 fully saturated rings. The molecule has 0 spiro atoms. The predicted octanol–water partition coefficient (Wildman–Crippen LogP) is 1.51. The highest BCUT2D eigenvalue weighted by Crippen LogP contribution is 2.11. The monoisotopic (exact) mass is 231 g/mol. The predicted molar refractivity (Wildman–Crippen MR) is 69.2 cm³/mol. The van der Waals surface area contributed by atoms with Gasteiger partial charge in [-0.05, 0) is 12.1 Å². The number of anilines is 2. The Labute approximate surface area is 101 Å². The zero-order valence-electron chi connectivity index (χ0n) is 10.1.